The van der Waals surface area contributed by atoms with E-state index in [-0.39, 0.29) is 11.6 Å². The maximum Gasteiger partial charge on any atom is 0.300 e. The van der Waals surface area contributed by atoms with Gasteiger partial charge in [0.25, 0.3) is 5.97 Å². The van der Waals surface area contributed by atoms with Crippen molar-refractivity contribution in [1.82, 2.24) is 0 Å². The lowest BCUT2D eigenvalue weighted by molar-refractivity contribution is -0.134. The number of carboxylic acids is 1. The van der Waals surface area contributed by atoms with Crippen LogP contribution < -0.4 is 4.74 Å². The number of rotatable bonds is 15. The van der Waals surface area contributed by atoms with Gasteiger partial charge in [-0.3, -0.25) is 4.79 Å². The minimum atomic E-state index is -0.833. The van der Waals surface area contributed by atoms with Crippen LogP contribution in [0.1, 0.15) is 114 Å². The van der Waals surface area contributed by atoms with Gasteiger partial charge in [-0.15, -0.1) is 0 Å². The average molecular weight is 603 g/mol. The zero-order chi connectivity index (χ0) is 32.0. The van der Waals surface area contributed by atoms with Gasteiger partial charge >= 0.3 is 0 Å². The second-order valence-corrected chi connectivity index (χ2v) is 10.4. The van der Waals surface area contributed by atoms with Crippen LogP contribution in [0.4, 0.5) is 8.78 Å². The molecule has 2 atom stereocenters. The summed E-state index contributed by atoms with van der Waals surface area (Å²) in [6.07, 6.45) is 8.69. The topological polar surface area (TPSA) is 107 Å². The zero-order valence-electron chi connectivity index (χ0n) is 25.6. The Hall–Kier alpha value is -3.49. The lowest BCUT2D eigenvalue weighted by atomic mass is 10.0. The fourth-order valence-electron chi connectivity index (χ4n) is 4.28. The number of hydrogen-bond acceptors (Lipinski definition) is 5. The van der Waals surface area contributed by atoms with Crippen LogP contribution in [0.3, 0.4) is 0 Å². The van der Waals surface area contributed by atoms with E-state index in [1.165, 1.54) is 30.7 Å². The number of halogens is 2. The van der Waals surface area contributed by atoms with Crippen molar-refractivity contribution in [3.8, 4) is 11.5 Å². The number of phenolic OH excluding ortho intramolecular Hbond substituents is 1. The Morgan fingerprint density at radius 2 is 1.23 bits per heavy atom. The zero-order valence-corrected chi connectivity index (χ0v) is 25.6. The molecule has 8 heteroatoms. The van der Waals surface area contributed by atoms with Crippen molar-refractivity contribution in [2.45, 2.75) is 104 Å². The molecule has 3 aromatic rings. The molecule has 0 aliphatic carbocycles. The summed E-state index contributed by atoms with van der Waals surface area (Å²) in [7, 11) is 0. The van der Waals surface area contributed by atoms with E-state index in [1.807, 2.05) is 30.3 Å². The maximum absolute atomic E-state index is 13.5. The van der Waals surface area contributed by atoms with E-state index in [1.54, 1.807) is 6.07 Å². The molecule has 0 radical (unpaired) electrons. The highest BCUT2D eigenvalue weighted by atomic mass is 19.1. The van der Waals surface area contributed by atoms with Crippen molar-refractivity contribution in [2.75, 3.05) is 0 Å². The normalized spacial score (nSPS) is 11.8. The van der Waals surface area contributed by atoms with E-state index >= 15 is 0 Å². The number of unbranched alkanes of at least 4 members (excludes halogenated alkanes) is 6. The van der Waals surface area contributed by atoms with Gasteiger partial charge in [0, 0.05) is 30.2 Å². The quantitative estimate of drug-likeness (QED) is 0.129. The molecule has 0 saturated carbocycles. The summed E-state index contributed by atoms with van der Waals surface area (Å²) in [5.41, 5.74) is 2.09. The van der Waals surface area contributed by atoms with E-state index in [2.05, 4.69) is 13.8 Å². The van der Waals surface area contributed by atoms with Gasteiger partial charge in [0.1, 0.15) is 29.7 Å². The molecule has 0 amide bonds. The lowest BCUT2D eigenvalue weighted by Crippen LogP contribution is -2.04. The number of hydrogen-bond donors (Lipinski definition) is 4. The third kappa shape index (κ3) is 16.7. The Labute approximate surface area is 255 Å². The summed E-state index contributed by atoms with van der Waals surface area (Å²) >= 11 is 0. The van der Waals surface area contributed by atoms with E-state index in [0.717, 1.165) is 63.5 Å². The van der Waals surface area contributed by atoms with Gasteiger partial charge in [0.2, 0.25) is 0 Å². The van der Waals surface area contributed by atoms with E-state index in [4.69, 9.17) is 14.6 Å². The summed E-state index contributed by atoms with van der Waals surface area (Å²) in [5, 5.41) is 37.1. The smallest absolute Gasteiger partial charge is 0.300 e. The molecule has 238 valence electrons. The SMILES string of the molecule is CC(=O)O.CCCCCC[C@H](O)c1ccc(F)cc1O.CCCCCC[C@H](O)c1ccc(F)cc1OCc1ccccc1. The van der Waals surface area contributed by atoms with Crippen molar-refractivity contribution in [1.29, 1.82) is 0 Å². The highest BCUT2D eigenvalue weighted by molar-refractivity contribution is 5.62. The van der Waals surface area contributed by atoms with Crippen LogP contribution >= 0.6 is 0 Å². The first-order valence-corrected chi connectivity index (χ1v) is 15.1. The van der Waals surface area contributed by atoms with E-state index in [9.17, 15) is 24.1 Å². The fourth-order valence-corrected chi connectivity index (χ4v) is 4.28. The van der Waals surface area contributed by atoms with Crippen LogP contribution in [0.2, 0.25) is 0 Å². The maximum atomic E-state index is 13.5. The third-order valence-electron chi connectivity index (χ3n) is 6.59. The van der Waals surface area contributed by atoms with Crippen molar-refractivity contribution in [2.24, 2.45) is 0 Å². The summed E-state index contributed by atoms with van der Waals surface area (Å²) in [6, 6.07) is 17.8. The van der Waals surface area contributed by atoms with Gasteiger partial charge in [-0.25, -0.2) is 8.78 Å². The van der Waals surface area contributed by atoms with E-state index in [0.29, 0.717) is 36.3 Å². The van der Waals surface area contributed by atoms with Crippen molar-refractivity contribution in [3.63, 3.8) is 0 Å². The molecular weight excluding hydrogens is 554 g/mol. The summed E-state index contributed by atoms with van der Waals surface area (Å²) in [4.78, 5) is 9.00. The summed E-state index contributed by atoms with van der Waals surface area (Å²) in [6.45, 7) is 5.73. The highest BCUT2D eigenvalue weighted by Gasteiger charge is 2.15. The summed E-state index contributed by atoms with van der Waals surface area (Å²) < 4.78 is 32.0. The Morgan fingerprint density at radius 3 is 1.74 bits per heavy atom. The van der Waals surface area contributed by atoms with Crippen molar-refractivity contribution < 1.29 is 38.7 Å². The molecule has 0 saturated heterocycles. The fraction of sp³-hybridized carbons (Fsp3) is 0.457. The van der Waals surface area contributed by atoms with Gasteiger partial charge in [-0.2, -0.15) is 0 Å². The van der Waals surface area contributed by atoms with E-state index < -0.39 is 24.0 Å². The highest BCUT2D eigenvalue weighted by Crippen LogP contribution is 2.31. The molecular formula is C35H48F2O6. The second-order valence-electron chi connectivity index (χ2n) is 10.4. The Morgan fingerprint density at radius 1 is 0.744 bits per heavy atom. The van der Waals surface area contributed by atoms with Crippen molar-refractivity contribution in [3.05, 3.63) is 95.1 Å². The molecule has 6 nitrogen and oxygen atoms in total. The largest absolute Gasteiger partial charge is 0.507 e. The summed E-state index contributed by atoms with van der Waals surface area (Å²) in [5.74, 6) is -1.41. The molecule has 0 aliphatic rings. The van der Waals surface area contributed by atoms with Gasteiger partial charge in [-0.05, 0) is 42.7 Å². The average Bonchev–Trinajstić information content (AvgIpc) is 2.97. The molecule has 4 N–H and O–H groups in total. The molecule has 3 rings (SSSR count). The lowest BCUT2D eigenvalue weighted by Gasteiger charge is -2.16. The van der Waals surface area contributed by atoms with Gasteiger partial charge < -0.3 is 25.2 Å². The van der Waals surface area contributed by atoms with Crippen LogP contribution in [0, 0.1) is 11.6 Å². The van der Waals surface area contributed by atoms with Gasteiger partial charge in [0.05, 0.1) is 12.2 Å². The number of carboxylic acid groups (broad SMARTS) is 1. The van der Waals surface area contributed by atoms with Crippen LogP contribution in [-0.2, 0) is 11.4 Å². The van der Waals surface area contributed by atoms with Crippen LogP contribution in [0.25, 0.3) is 0 Å². The first-order valence-electron chi connectivity index (χ1n) is 15.1. The minimum absolute atomic E-state index is 0.164. The predicted molar refractivity (Wildman–Crippen MR) is 166 cm³/mol. The first kappa shape index (κ1) is 37.5. The van der Waals surface area contributed by atoms with Crippen LogP contribution in [-0.4, -0.2) is 26.4 Å². The minimum Gasteiger partial charge on any atom is -0.507 e. The Kier molecular flexibility index (Phi) is 19.3. The monoisotopic (exact) mass is 602 g/mol. The molecule has 0 heterocycles. The Bertz CT molecular complexity index is 1170. The first-order chi connectivity index (χ1) is 20.6. The molecule has 0 unspecified atom stereocenters. The second kappa shape index (κ2) is 22.1. The Balaban J connectivity index is 0.000000402. The van der Waals surface area contributed by atoms with Crippen molar-refractivity contribution >= 4 is 5.97 Å². The van der Waals surface area contributed by atoms with Gasteiger partial charge in [-0.1, -0.05) is 95.5 Å². The molecule has 0 aliphatic heterocycles. The number of ether oxygens (including phenoxy) is 1. The number of aliphatic hydroxyl groups is 2. The molecule has 0 fully saturated rings. The number of aromatic hydroxyl groups is 1. The number of aliphatic hydroxyl groups excluding tert-OH is 2. The molecule has 43 heavy (non-hydrogen) atoms. The standard InChI is InChI=1S/C20H25FO2.C13H19FO2.C2H4O2/c1-2-3-4-8-11-19(22)18-13-12-17(21)14-20(18)23-15-16-9-6-5-7-10-16;1-2-3-4-5-6-12(15)11-8-7-10(14)9-13(11)16;1-2(3)4/h5-7,9-10,12-14,19,22H,2-4,8,11,15H2,1H3;7-9,12,15-16H,2-6H2,1H3;1H3,(H,3,4)/t19-;12-;/m00./s1. The van der Waals surface area contributed by atoms with Crippen LogP contribution in [0.15, 0.2) is 66.7 Å². The molecule has 0 aromatic heterocycles. The number of aliphatic carboxylic acids is 1. The number of phenols is 1. The van der Waals surface area contributed by atoms with Crippen LogP contribution in [0.5, 0.6) is 11.5 Å². The molecule has 3 aromatic carbocycles. The molecule has 0 bridgehead atoms. The predicted octanol–water partition coefficient (Wildman–Crippen LogP) is 9.03. The number of carbonyl (C=O) groups is 1. The number of benzene rings is 3. The molecule has 0 spiro atoms. The van der Waals surface area contributed by atoms with Gasteiger partial charge in [0.15, 0.2) is 0 Å². The third-order valence-corrected chi connectivity index (χ3v) is 6.59.